The Hall–Kier alpha value is -2.90. The average molecular weight is 481 g/mol. The minimum Gasteiger partial charge on any atom is -0.484 e. The van der Waals surface area contributed by atoms with Gasteiger partial charge in [0, 0.05) is 12.3 Å². The maximum absolute atomic E-state index is 13.3. The van der Waals surface area contributed by atoms with Crippen molar-refractivity contribution in [3.05, 3.63) is 46.8 Å². The van der Waals surface area contributed by atoms with Gasteiger partial charge in [-0.05, 0) is 12.1 Å². The molecule has 174 valence electrons. The van der Waals surface area contributed by atoms with Crippen molar-refractivity contribution >= 4 is 23.4 Å². The number of alkyl halides is 3. The zero-order valence-corrected chi connectivity index (χ0v) is 16.9. The molecule has 1 saturated heterocycles. The first kappa shape index (κ1) is 23.8. The molecule has 32 heavy (non-hydrogen) atoms. The molecule has 2 atom stereocenters. The number of aromatic amines is 1. The standard InChI is InChI=1S/C18H17ClF4N4O5/c19-10-2-1-9(3-11(10)20)30-7-15(28)27-16-8-31-12(6-32-16)17(29)25-5-14-24-4-13(26-14)18(21,22)23/h1-4,12,16H,5-8H2,(H,24,26)(H,25,29)(H,27,28)/t12-,16+/m0/s1. The first-order valence-corrected chi connectivity index (χ1v) is 9.49. The average Bonchev–Trinajstić information content (AvgIpc) is 3.23. The van der Waals surface area contributed by atoms with Gasteiger partial charge in [0.15, 0.2) is 24.6 Å². The molecule has 0 aliphatic carbocycles. The van der Waals surface area contributed by atoms with Gasteiger partial charge >= 0.3 is 6.18 Å². The van der Waals surface area contributed by atoms with Gasteiger partial charge in [0.1, 0.15) is 17.4 Å². The number of benzene rings is 1. The summed E-state index contributed by atoms with van der Waals surface area (Å²) < 4.78 is 66.7. The fourth-order valence-corrected chi connectivity index (χ4v) is 2.67. The first-order chi connectivity index (χ1) is 15.1. The number of nitrogens with one attached hydrogen (secondary N) is 3. The predicted octanol–water partition coefficient (Wildman–Crippen LogP) is 1.77. The molecule has 1 aliphatic rings. The summed E-state index contributed by atoms with van der Waals surface area (Å²) >= 11 is 5.56. The monoisotopic (exact) mass is 480 g/mol. The van der Waals surface area contributed by atoms with Gasteiger partial charge in [-0.25, -0.2) is 9.37 Å². The van der Waals surface area contributed by atoms with Crippen LogP contribution in [0.4, 0.5) is 17.6 Å². The van der Waals surface area contributed by atoms with Gasteiger partial charge in [-0.3, -0.25) is 9.59 Å². The van der Waals surface area contributed by atoms with E-state index in [4.69, 9.17) is 25.8 Å². The van der Waals surface area contributed by atoms with Crippen LogP contribution in [0, 0.1) is 5.82 Å². The van der Waals surface area contributed by atoms with Gasteiger partial charge in [-0.2, -0.15) is 13.2 Å². The second-order valence-corrected chi connectivity index (χ2v) is 6.93. The van der Waals surface area contributed by atoms with Crippen LogP contribution in [0.2, 0.25) is 5.02 Å². The molecule has 0 saturated carbocycles. The molecule has 1 aromatic carbocycles. The van der Waals surface area contributed by atoms with Crippen molar-refractivity contribution in [2.75, 3.05) is 19.8 Å². The summed E-state index contributed by atoms with van der Waals surface area (Å²) in [6, 6.07) is 3.72. The number of amides is 2. The molecule has 3 rings (SSSR count). The van der Waals surface area contributed by atoms with Crippen molar-refractivity contribution < 1.29 is 41.4 Å². The van der Waals surface area contributed by atoms with Crippen molar-refractivity contribution in [3.63, 3.8) is 0 Å². The molecule has 2 aromatic rings. The highest BCUT2D eigenvalue weighted by molar-refractivity contribution is 6.30. The highest BCUT2D eigenvalue weighted by atomic mass is 35.5. The number of carbonyl (C=O) groups excluding carboxylic acids is 2. The van der Waals surface area contributed by atoms with Gasteiger partial charge in [0.2, 0.25) is 0 Å². The molecule has 14 heteroatoms. The third-order valence-electron chi connectivity index (χ3n) is 4.12. The smallest absolute Gasteiger partial charge is 0.434 e. The Kier molecular flexibility index (Phi) is 7.53. The number of nitrogens with zero attached hydrogens (tertiary/aromatic N) is 1. The molecule has 0 bridgehead atoms. The maximum atomic E-state index is 13.3. The Balaban J connectivity index is 1.36. The van der Waals surface area contributed by atoms with E-state index < -0.39 is 48.4 Å². The molecule has 0 unspecified atom stereocenters. The van der Waals surface area contributed by atoms with E-state index in [2.05, 4.69) is 20.6 Å². The maximum Gasteiger partial charge on any atom is 0.434 e. The molecule has 1 aliphatic heterocycles. The van der Waals surface area contributed by atoms with Gasteiger partial charge in [0.05, 0.1) is 24.8 Å². The molecule has 1 aromatic heterocycles. The fraction of sp³-hybridized carbons (Fsp3) is 0.389. The molecule has 9 nitrogen and oxygen atoms in total. The van der Waals surface area contributed by atoms with E-state index in [1.165, 1.54) is 12.1 Å². The number of hydrogen-bond donors (Lipinski definition) is 3. The highest BCUT2D eigenvalue weighted by Crippen LogP contribution is 2.27. The van der Waals surface area contributed by atoms with E-state index in [9.17, 15) is 27.2 Å². The summed E-state index contributed by atoms with van der Waals surface area (Å²) in [4.78, 5) is 29.7. The Labute approximate surface area is 183 Å². The minimum atomic E-state index is -4.59. The number of ether oxygens (including phenoxy) is 3. The second kappa shape index (κ2) is 10.1. The molecule has 3 N–H and O–H groups in total. The summed E-state index contributed by atoms with van der Waals surface area (Å²) in [5.74, 6) is -1.85. The van der Waals surface area contributed by atoms with Crippen LogP contribution in [0.5, 0.6) is 5.75 Å². The van der Waals surface area contributed by atoms with Gasteiger partial charge in [-0.1, -0.05) is 11.6 Å². The van der Waals surface area contributed by atoms with E-state index in [1.807, 2.05) is 0 Å². The number of imidazole rings is 1. The molecule has 2 amide bonds. The van der Waals surface area contributed by atoms with Crippen molar-refractivity contribution in [1.82, 2.24) is 20.6 Å². The van der Waals surface area contributed by atoms with Crippen molar-refractivity contribution in [3.8, 4) is 5.75 Å². The van der Waals surface area contributed by atoms with E-state index in [0.717, 1.165) is 6.07 Å². The molecule has 1 fully saturated rings. The molecule has 2 heterocycles. The van der Waals surface area contributed by atoms with Gasteiger partial charge in [0.25, 0.3) is 11.8 Å². The number of rotatable bonds is 7. The summed E-state index contributed by atoms with van der Waals surface area (Å²) in [6.45, 7) is -1.05. The Morgan fingerprint density at radius 3 is 2.69 bits per heavy atom. The molecule has 0 radical (unpaired) electrons. The third-order valence-corrected chi connectivity index (χ3v) is 4.43. The molecular weight excluding hydrogens is 464 g/mol. The molecule has 0 spiro atoms. The lowest BCUT2D eigenvalue weighted by Gasteiger charge is -2.29. The lowest BCUT2D eigenvalue weighted by atomic mass is 10.3. The van der Waals surface area contributed by atoms with Gasteiger partial charge < -0.3 is 29.8 Å². The van der Waals surface area contributed by atoms with Crippen LogP contribution >= 0.6 is 11.6 Å². The van der Waals surface area contributed by atoms with E-state index in [0.29, 0.717) is 6.20 Å². The van der Waals surface area contributed by atoms with E-state index in [-0.39, 0.29) is 36.4 Å². The number of aromatic nitrogens is 2. The van der Waals surface area contributed by atoms with Crippen molar-refractivity contribution in [1.29, 1.82) is 0 Å². The number of carbonyl (C=O) groups is 2. The molecular formula is C18H17ClF4N4O5. The van der Waals surface area contributed by atoms with Crippen LogP contribution in [0.15, 0.2) is 24.4 Å². The Bertz CT molecular complexity index is 963. The van der Waals surface area contributed by atoms with Crippen LogP contribution in [0.1, 0.15) is 11.5 Å². The summed E-state index contributed by atoms with van der Waals surface area (Å²) in [6.07, 6.45) is -5.76. The van der Waals surface area contributed by atoms with Crippen LogP contribution < -0.4 is 15.4 Å². The quantitative estimate of drug-likeness (QED) is 0.520. The highest BCUT2D eigenvalue weighted by Gasteiger charge is 2.34. The van der Waals surface area contributed by atoms with E-state index >= 15 is 0 Å². The van der Waals surface area contributed by atoms with Crippen molar-refractivity contribution in [2.24, 2.45) is 0 Å². The van der Waals surface area contributed by atoms with Crippen molar-refractivity contribution in [2.45, 2.75) is 25.1 Å². The first-order valence-electron chi connectivity index (χ1n) is 9.11. The fourth-order valence-electron chi connectivity index (χ4n) is 2.56. The van der Waals surface area contributed by atoms with Crippen LogP contribution in [0.3, 0.4) is 0 Å². The number of halogens is 5. The van der Waals surface area contributed by atoms with Crippen LogP contribution in [0.25, 0.3) is 0 Å². The van der Waals surface area contributed by atoms with Gasteiger partial charge in [-0.15, -0.1) is 0 Å². The summed E-state index contributed by atoms with van der Waals surface area (Å²) in [7, 11) is 0. The summed E-state index contributed by atoms with van der Waals surface area (Å²) in [5, 5.41) is 4.77. The Morgan fingerprint density at radius 1 is 1.28 bits per heavy atom. The SMILES string of the molecule is O=C(COc1ccc(Cl)c(F)c1)N[C@H]1CO[C@H](C(=O)NCc2nc(C(F)(F)F)c[nH]2)CO1. The lowest BCUT2D eigenvalue weighted by molar-refractivity contribution is -0.168. The zero-order valence-electron chi connectivity index (χ0n) is 16.2. The largest absolute Gasteiger partial charge is 0.484 e. The topological polar surface area (TPSA) is 115 Å². The number of hydrogen-bond acceptors (Lipinski definition) is 6. The van der Waals surface area contributed by atoms with Crippen LogP contribution in [-0.2, 0) is 31.8 Å². The lowest BCUT2D eigenvalue weighted by Crippen LogP contribution is -2.51. The predicted molar refractivity (Wildman–Crippen MR) is 100.0 cm³/mol. The number of H-pyrrole nitrogens is 1. The second-order valence-electron chi connectivity index (χ2n) is 6.52. The third kappa shape index (κ3) is 6.55. The minimum absolute atomic E-state index is 0.0758. The Morgan fingerprint density at radius 2 is 2.06 bits per heavy atom. The normalized spacial score (nSPS) is 18.8. The van der Waals surface area contributed by atoms with Crippen LogP contribution in [-0.4, -0.2) is 53.9 Å². The van der Waals surface area contributed by atoms with E-state index in [1.54, 1.807) is 0 Å². The zero-order chi connectivity index (χ0) is 23.3. The summed E-state index contributed by atoms with van der Waals surface area (Å²) in [5.41, 5.74) is -1.09.